The largest absolute Gasteiger partial charge is 0.396 e. The molecule has 5 heteroatoms. The van der Waals surface area contributed by atoms with Crippen molar-refractivity contribution in [3.8, 4) is 0 Å². The number of rotatable bonds is 7. The van der Waals surface area contributed by atoms with E-state index in [1.165, 1.54) is 0 Å². The first-order valence-electron chi connectivity index (χ1n) is 7.60. The van der Waals surface area contributed by atoms with Crippen LogP contribution in [0.4, 0.5) is 0 Å². The van der Waals surface area contributed by atoms with Crippen LogP contribution in [-0.4, -0.2) is 29.2 Å². The topological polar surface area (TPSA) is 97.5 Å². The number of hydrogen-bond donors (Lipinski definition) is 2. The molecule has 5 nitrogen and oxygen atoms in total. The zero-order valence-corrected chi connectivity index (χ0v) is 13.7. The number of nitrogens with two attached hydrogens (primary N) is 1. The first kappa shape index (κ1) is 18.3. The van der Waals surface area contributed by atoms with Gasteiger partial charge in [0.1, 0.15) is 0 Å². The molecule has 0 bridgehead atoms. The van der Waals surface area contributed by atoms with Gasteiger partial charge in [-0.15, -0.1) is 0 Å². The second kappa shape index (κ2) is 7.49. The number of ketones is 2. The lowest BCUT2D eigenvalue weighted by Gasteiger charge is -2.27. The molecule has 1 amide bonds. The maximum absolute atomic E-state index is 12.6. The zero-order chi connectivity index (χ0) is 17.0. The minimum atomic E-state index is -0.426. The van der Waals surface area contributed by atoms with Crippen LogP contribution in [0.5, 0.6) is 0 Å². The van der Waals surface area contributed by atoms with Gasteiger partial charge in [0.25, 0.3) is 0 Å². The summed E-state index contributed by atoms with van der Waals surface area (Å²) in [7, 11) is 0. The Morgan fingerprint density at radius 3 is 2.14 bits per heavy atom. The first-order chi connectivity index (χ1) is 10.2. The smallest absolute Gasteiger partial charge is 0.220 e. The van der Waals surface area contributed by atoms with Crippen LogP contribution in [0.15, 0.2) is 22.3 Å². The Morgan fingerprint density at radius 1 is 1.09 bits per heavy atom. The molecule has 2 atom stereocenters. The van der Waals surface area contributed by atoms with Crippen LogP contribution in [0.2, 0.25) is 0 Å². The summed E-state index contributed by atoms with van der Waals surface area (Å²) in [5.74, 6) is -1.30. The van der Waals surface area contributed by atoms with Gasteiger partial charge in [-0.1, -0.05) is 6.92 Å². The van der Waals surface area contributed by atoms with Gasteiger partial charge in [0.2, 0.25) is 5.91 Å². The second-order valence-corrected chi connectivity index (χ2v) is 6.05. The Hall–Kier alpha value is -1.75. The molecule has 3 N–H and O–H groups in total. The lowest BCUT2D eigenvalue weighted by molar-refractivity contribution is -0.122. The van der Waals surface area contributed by atoms with Gasteiger partial charge >= 0.3 is 0 Å². The average molecular weight is 307 g/mol. The minimum Gasteiger partial charge on any atom is -0.396 e. The van der Waals surface area contributed by atoms with Gasteiger partial charge in [0.05, 0.1) is 0 Å². The molecule has 1 aliphatic rings. The van der Waals surface area contributed by atoms with E-state index in [0.717, 1.165) is 0 Å². The molecule has 1 rings (SSSR count). The molecule has 0 spiro atoms. The quantitative estimate of drug-likeness (QED) is 0.699. The molecule has 0 radical (unpaired) electrons. The highest BCUT2D eigenvalue weighted by Crippen LogP contribution is 2.34. The van der Waals surface area contributed by atoms with Crippen LogP contribution >= 0.6 is 0 Å². The van der Waals surface area contributed by atoms with Crippen molar-refractivity contribution in [2.24, 2.45) is 17.6 Å². The van der Waals surface area contributed by atoms with E-state index in [1.807, 2.05) is 0 Å². The lowest BCUT2D eigenvalue weighted by Crippen LogP contribution is -2.29. The molecule has 122 valence electrons. The Balaban J connectivity index is 3.20. The van der Waals surface area contributed by atoms with Gasteiger partial charge in [-0.25, -0.2) is 0 Å². The monoisotopic (exact) mass is 307 g/mol. The summed E-state index contributed by atoms with van der Waals surface area (Å²) in [6, 6.07) is 0. The molecule has 0 aliphatic heterocycles. The van der Waals surface area contributed by atoms with E-state index in [-0.39, 0.29) is 30.0 Å². The van der Waals surface area contributed by atoms with E-state index in [1.54, 1.807) is 27.7 Å². The fourth-order valence-electron chi connectivity index (χ4n) is 2.87. The molecule has 2 unspecified atom stereocenters. The highest BCUT2D eigenvalue weighted by molar-refractivity contribution is 6.24. The van der Waals surface area contributed by atoms with Gasteiger partial charge < -0.3 is 10.8 Å². The van der Waals surface area contributed by atoms with Crippen LogP contribution < -0.4 is 5.73 Å². The molecule has 22 heavy (non-hydrogen) atoms. The molecule has 0 aromatic rings. The van der Waals surface area contributed by atoms with E-state index >= 15 is 0 Å². The molecule has 0 saturated carbocycles. The fraction of sp³-hybridized carbons (Fsp3) is 0.588. The van der Waals surface area contributed by atoms with Crippen molar-refractivity contribution in [3.63, 3.8) is 0 Å². The van der Waals surface area contributed by atoms with Gasteiger partial charge in [-0.2, -0.15) is 0 Å². The second-order valence-electron chi connectivity index (χ2n) is 6.05. The Bertz CT molecular complexity index is 557. The summed E-state index contributed by atoms with van der Waals surface area (Å²) in [4.78, 5) is 36.2. The number of primary amides is 1. The third-order valence-electron chi connectivity index (χ3n) is 4.48. The highest BCUT2D eigenvalue weighted by atomic mass is 16.3. The van der Waals surface area contributed by atoms with Crippen molar-refractivity contribution >= 4 is 17.5 Å². The average Bonchev–Trinajstić information content (AvgIpc) is 2.48. The minimum absolute atomic E-state index is 0.00374. The van der Waals surface area contributed by atoms with Crippen molar-refractivity contribution in [2.45, 2.75) is 47.0 Å². The fourth-order valence-corrected chi connectivity index (χ4v) is 2.87. The van der Waals surface area contributed by atoms with Crippen molar-refractivity contribution in [1.82, 2.24) is 0 Å². The third-order valence-corrected chi connectivity index (χ3v) is 4.48. The van der Waals surface area contributed by atoms with Gasteiger partial charge in [0, 0.05) is 34.8 Å². The molecule has 0 heterocycles. The summed E-state index contributed by atoms with van der Waals surface area (Å²) in [6.45, 7) is 6.69. The number of carbonyl (C=O) groups is 3. The molecule has 0 aromatic heterocycles. The molecule has 1 aliphatic carbocycles. The number of aliphatic hydroxyl groups excluding tert-OH is 1. The van der Waals surface area contributed by atoms with Crippen LogP contribution in [0, 0.1) is 11.8 Å². The number of carbonyl (C=O) groups excluding carboxylic acids is 3. The predicted molar refractivity (Wildman–Crippen MR) is 83.9 cm³/mol. The van der Waals surface area contributed by atoms with Gasteiger partial charge in [-0.3, -0.25) is 14.4 Å². The molecular formula is C17H25NO4. The SMILES string of the molecule is CC1=C(C)C(=O)C(C(CCCO)CC(C)C(N)=O)=C(C)C1=O. The van der Waals surface area contributed by atoms with Crippen LogP contribution in [-0.2, 0) is 14.4 Å². The number of hydrogen-bond acceptors (Lipinski definition) is 4. The van der Waals surface area contributed by atoms with Gasteiger partial charge in [-0.05, 0) is 46.0 Å². The Morgan fingerprint density at radius 2 is 1.64 bits per heavy atom. The lowest BCUT2D eigenvalue weighted by atomic mass is 9.75. The molecule has 0 fully saturated rings. The standard InChI is InChI=1S/C17H25NO4/c1-9(17(18)22)8-13(6-5-7-19)14-12(4)15(20)10(2)11(3)16(14)21/h9,13,19H,5-8H2,1-4H3,(H2,18,22). The van der Waals surface area contributed by atoms with Crippen molar-refractivity contribution in [1.29, 1.82) is 0 Å². The molecule has 0 saturated heterocycles. The molecular weight excluding hydrogens is 282 g/mol. The number of Topliss-reactive ketones (excluding diaryl/α,β-unsaturated/α-hetero) is 2. The summed E-state index contributed by atoms with van der Waals surface area (Å²) >= 11 is 0. The first-order valence-corrected chi connectivity index (χ1v) is 7.60. The summed E-state index contributed by atoms with van der Waals surface area (Å²) in [5.41, 5.74) is 7.20. The van der Waals surface area contributed by atoms with Crippen molar-refractivity contribution in [2.75, 3.05) is 6.61 Å². The molecule has 0 aromatic carbocycles. The number of allylic oxidation sites excluding steroid dienone is 4. The summed E-state index contributed by atoms with van der Waals surface area (Å²) in [5, 5.41) is 9.07. The van der Waals surface area contributed by atoms with E-state index in [2.05, 4.69) is 0 Å². The van der Waals surface area contributed by atoms with Crippen molar-refractivity contribution in [3.05, 3.63) is 22.3 Å². The zero-order valence-electron chi connectivity index (χ0n) is 13.7. The van der Waals surface area contributed by atoms with E-state index in [9.17, 15) is 14.4 Å². The maximum Gasteiger partial charge on any atom is 0.220 e. The highest BCUT2D eigenvalue weighted by Gasteiger charge is 2.33. The van der Waals surface area contributed by atoms with Crippen molar-refractivity contribution < 1.29 is 19.5 Å². The van der Waals surface area contributed by atoms with Gasteiger partial charge in [0.15, 0.2) is 11.6 Å². The van der Waals surface area contributed by atoms with E-state index in [0.29, 0.717) is 41.6 Å². The predicted octanol–water partition coefficient (Wildman–Crippen LogP) is 1.69. The number of amides is 1. The van der Waals surface area contributed by atoms with Crippen LogP contribution in [0.3, 0.4) is 0 Å². The van der Waals surface area contributed by atoms with Crippen LogP contribution in [0.25, 0.3) is 0 Å². The van der Waals surface area contributed by atoms with E-state index < -0.39 is 5.91 Å². The summed E-state index contributed by atoms with van der Waals surface area (Å²) in [6.07, 6.45) is 1.47. The number of aliphatic hydroxyl groups is 1. The Kier molecular flexibility index (Phi) is 6.23. The maximum atomic E-state index is 12.6. The summed E-state index contributed by atoms with van der Waals surface area (Å²) < 4.78 is 0. The van der Waals surface area contributed by atoms with Crippen LogP contribution in [0.1, 0.15) is 47.0 Å². The Labute approximate surface area is 131 Å². The third kappa shape index (κ3) is 3.71. The van der Waals surface area contributed by atoms with E-state index in [4.69, 9.17) is 10.8 Å². The normalized spacial score (nSPS) is 18.8.